The van der Waals surface area contributed by atoms with Gasteiger partial charge in [0.1, 0.15) is 6.79 Å². The first-order valence-corrected chi connectivity index (χ1v) is 10.9. The van der Waals surface area contributed by atoms with Crippen LogP contribution in [0.1, 0.15) is 72.1 Å². The second-order valence-corrected chi connectivity index (χ2v) is 9.19. The van der Waals surface area contributed by atoms with Crippen molar-refractivity contribution in [2.75, 3.05) is 13.9 Å². The highest BCUT2D eigenvalue weighted by molar-refractivity contribution is 9.11. The summed E-state index contributed by atoms with van der Waals surface area (Å²) in [4.78, 5) is 13.8. The molecule has 0 radical (unpaired) electrons. The molecular formula is C21H35BrO4. The van der Waals surface area contributed by atoms with Gasteiger partial charge in [0.05, 0.1) is 0 Å². The summed E-state index contributed by atoms with van der Waals surface area (Å²) in [5, 5.41) is 9.50. The lowest BCUT2D eigenvalue weighted by atomic mass is 9.61. The lowest BCUT2D eigenvalue weighted by Gasteiger charge is -2.44. The number of aliphatic carboxylic acids is 1. The molecule has 150 valence electrons. The standard InChI is InChI=1S/C21H35BrO4/c1-15(7-5-12-21(3,19(23)24)26-14-25-4)17-9-10-18-16(13-22)8-6-11-20(17,18)2/h13,15,17-18H,5-12,14H2,1-4H3,(H,23,24)/b16-13+/t15-,17-,18?,20-,21-/m1/s1. The van der Waals surface area contributed by atoms with Crippen molar-refractivity contribution < 1.29 is 19.4 Å². The van der Waals surface area contributed by atoms with Gasteiger partial charge < -0.3 is 14.6 Å². The Bertz CT molecular complexity index is 520. The molecule has 26 heavy (non-hydrogen) atoms. The molecule has 1 N–H and O–H groups in total. The smallest absolute Gasteiger partial charge is 0.335 e. The summed E-state index contributed by atoms with van der Waals surface area (Å²) in [5.41, 5.74) is 0.842. The maximum Gasteiger partial charge on any atom is 0.335 e. The quantitative estimate of drug-likeness (QED) is 0.472. The molecule has 5 heteroatoms. The van der Waals surface area contributed by atoms with Crippen LogP contribution in [-0.4, -0.2) is 30.6 Å². The fourth-order valence-electron chi connectivity index (χ4n) is 5.54. The zero-order chi connectivity index (χ0) is 19.4. The minimum atomic E-state index is -1.16. The number of methoxy groups -OCH3 is 1. The predicted molar refractivity (Wildman–Crippen MR) is 107 cm³/mol. The third-order valence-corrected chi connectivity index (χ3v) is 7.71. The van der Waals surface area contributed by atoms with Crippen LogP contribution >= 0.6 is 15.9 Å². The Balaban J connectivity index is 1.93. The molecule has 0 aromatic heterocycles. The van der Waals surface area contributed by atoms with E-state index in [-0.39, 0.29) is 6.79 Å². The fraction of sp³-hybridized carbons (Fsp3) is 0.857. The van der Waals surface area contributed by atoms with Gasteiger partial charge in [0.2, 0.25) is 0 Å². The Morgan fingerprint density at radius 3 is 2.85 bits per heavy atom. The van der Waals surface area contributed by atoms with E-state index in [1.807, 2.05) is 0 Å². The maximum absolute atomic E-state index is 11.6. The number of allylic oxidation sites excluding steroid dienone is 1. The van der Waals surface area contributed by atoms with E-state index in [4.69, 9.17) is 9.47 Å². The van der Waals surface area contributed by atoms with E-state index in [1.54, 1.807) is 12.5 Å². The maximum atomic E-state index is 11.6. The van der Waals surface area contributed by atoms with Crippen LogP contribution in [0.15, 0.2) is 10.6 Å². The van der Waals surface area contributed by atoms with Gasteiger partial charge in [-0.05, 0) is 80.0 Å². The molecule has 2 aliphatic rings. The number of hydrogen-bond donors (Lipinski definition) is 1. The Morgan fingerprint density at radius 1 is 1.50 bits per heavy atom. The van der Waals surface area contributed by atoms with Crippen LogP contribution in [0.25, 0.3) is 0 Å². The molecule has 0 heterocycles. The van der Waals surface area contributed by atoms with Crippen molar-refractivity contribution in [3.63, 3.8) is 0 Å². The van der Waals surface area contributed by atoms with Crippen LogP contribution in [0.3, 0.4) is 0 Å². The Kier molecular flexibility index (Phi) is 7.75. The molecule has 0 bridgehead atoms. The molecule has 2 saturated carbocycles. The summed E-state index contributed by atoms with van der Waals surface area (Å²) in [6.45, 7) is 6.52. The minimum absolute atomic E-state index is 0.0163. The van der Waals surface area contributed by atoms with Gasteiger partial charge in [-0.2, -0.15) is 0 Å². The Hall–Kier alpha value is -0.390. The number of fused-ring (bicyclic) bond motifs is 1. The summed E-state index contributed by atoms with van der Waals surface area (Å²) in [6, 6.07) is 0. The van der Waals surface area contributed by atoms with Gasteiger partial charge in [0.15, 0.2) is 5.60 Å². The zero-order valence-corrected chi connectivity index (χ0v) is 18.3. The molecule has 2 rings (SSSR count). The average molecular weight is 431 g/mol. The lowest BCUT2D eigenvalue weighted by Crippen LogP contribution is -2.39. The van der Waals surface area contributed by atoms with Gasteiger partial charge >= 0.3 is 5.97 Å². The van der Waals surface area contributed by atoms with Crippen LogP contribution in [0.2, 0.25) is 0 Å². The van der Waals surface area contributed by atoms with E-state index < -0.39 is 11.6 Å². The van der Waals surface area contributed by atoms with Crippen LogP contribution in [-0.2, 0) is 14.3 Å². The van der Waals surface area contributed by atoms with E-state index in [1.165, 1.54) is 39.2 Å². The van der Waals surface area contributed by atoms with Crippen molar-refractivity contribution in [2.24, 2.45) is 23.2 Å². The number of hydrogen-bond acceptors (Lipinski definition) is 3. The molecule has 0 aromatic rings. The van der Waals surface area contributed by atoms with Crippen molar-refractivity contribution in [1.29, 1.82) is 0 Å². The number of halogens is 1. The van der Waals surface area contributed by atoms with E-state index in [2.05, 4.69) is 34.8 Å². The predicted octanol–water partition coefficient (Wildman–Crippen LogP) is 5.75. The molecule has 2 aliphatic carbocycles. The van der Waals surface area contributed by atoms with E-state index in [9.17, 15) is 9.90 Å². The van der Waals surface area contributed by atoms with Gasteiger partial charge in [-0.25, -0.2) is 4.79 Å². The van der Waals surface area contributed by atoms with Crippen LogP contribution in [0.5, 0.6) is 0 Å². The molecule has 0 amide bonds. The first-order valence-electron chi connectivity index (χ1n) is 9.94. The van der Waals surface area contributed by atoms with Crippen molar-refractivity contribution in [2.45, 2.75) is 77.7 Å². The third kappa shape index (κ3) is 4.53. The van der Waals surface area contributed by atoms with E-state index >= 15 is 0 Å². The summed E-state index contributed by atoms with van der Waals surface area (Å²) in [6.07, 6.45) is 8.88. The molecular weight excluding hydrogens is 396 g/mol. The van der Waals surface area contributed by atoms with Crippen molar-refractivity contribution in [3.8, 4) is 0 Å². The number of carboxylic acids is 1. The van der Waals surface area contributed by atoms with E-state index in [0.29, 0.717) is 17.8 Å². The normalized spacial score (nSPS) is 33.7. The van der Waals surface area contributed by atoms with Gasteiger partial charge in [0, 0.05) is 7.11 Å². The first kappa shape index (κ1) is 21.9. The Labute approximate surface area is 166 Å². The number of carboxylic acid groups (broad SMARTS) is 1. The highest BCUT2D eigenvalue weighted by Crippen LogP contribution is 2.60. The number of ether oxygens (including phenoxy) is 2. The molecule has 5 atom stereocenters. The highest BCUT2D eigenvalue weighted by Gasteiger charge is 2.50. The zero-order valence-electron chi connectivity index (χ0n) is 16.7. The molecule has 0 aromatic carbocycles. The van der Waals surface area contributed by atoms with Crippen molar-refractivity contribution >= 4 is 21.9 Å². The van der Waals surface area contributed by atoms with E-state index in [0.717, 1.165) is 24.7 Å². The van der Waals surface area contributed by atoms with Crippen molar-refractivity contribution in [1.82, 2.24) is 0 Å². The summed E-state index contributed by atoms with van der Waals surface area (Å²) < 4.78 is 10.3. The number of rotatable bonds is 9. The SMILES string of the molecule is COCO[C@](C)(CCC[C@@H](C)[C@H]1CCC2/C(=C/Br)CCC[C@@]21C)C(=O)O. The second-order valence-electron chi connectivity index (χ2n) is 8.74. The molecule has 0 aliphatic heterocycles. The van der Waals surface area contributed by atoms with Gasteiger partial charge in [-0.1, -0.05) is 41.8 Å². The Morgan fingerprint density at radius 2 is 2.23 bits per heavy atom. The van der Waals surface area contributed by atoms with Crippen LogP contribution in [0, 0.1) is 23.2 Å². The number of carbonyl (C=O) groups is 1. The highest BCUT2D eigenvalue weighted by atomic mass is 79.9. The lowest BCUT2D eigenvalue weighted by molar-refractivity contribution is -0.179. The topological polar surface area (TPSA) is 55.8 Å². The first-order chi connectivity index (χ1) is 12.3. The summed E-state index contributed by atoms with van der Waals surface area (Å²) in [7, 11) is 1.52. The molecule has 1 unspecified atom stereocenters. The molecule has 0 spiro atoms. The molecule has 4 nitrogen and oxygen atoms in total. The van der Waals surface area contributed by atoms with Crippen LogP contribution < -0.4 is 0 Å². The fourth-order valence-corrected chi connectivity index (χ4v) is 6.09. The summed E-state index contributed by atoms with van der Waals surface area (Å²) in [5.74, 6) is 1.15. The largest absolute Gasteiger partial charge is 0.479 e. The second kappa shape index (κ2) is 9.20. The monoisotopic (exact) mass is 430 g/mol. The van der Waals surface area contributed by atoms with Gasteiger partial charge in [-0.3, -0.25) is 0 Å². The van der Waals surface area contributed by atoms with Crippen molar-refractivity contribution in [3.05, 3.63) is 10.6 Å². The molecule has 2 fully saturated rings. The molecule has 0 saturated heterocycles. The minimum Gasteiger partial charge on any atom is -0.479 e. The van der Waals surface area contributed by atoms with Gasteiger partial charge in [-0.15, -0.1) is 0 Å². The summed E-state index contributed by atoms with van der Waals surface area (Å²) >= 11 is 3.58. The third-order valence-electron chi connectivity index (χ3n) is 7.13. The average Bonchev–Trinajstić information content (AvgIpc) is 2.96. The van der Waals surface area contributed by atoms with Gasteiger partial charge in [0.25, 0.3) is 0 Å². The van der Waals surface area contributed by atoms with Crippen LogP contribution in [0.4, 0.5) is 0 Å².